The molecule has 1 aromatic rings. The number of nitrogens with one attached hydrogen (secondary N) is 1. The van der Waals surface area contributed by atoms with Crippen LogP contribution in [0.2, 0.25) is 0 Å². The summed E-state index contributed by atoms with van der Waals surface area (Å²) >= 11 is 0. The molecule has 1 fully saturated rings. The fourth-order valence-corrected chi connectivity index (χ4v) is 2.00. The summed E-state index contributed by atoms with van der Waals surface area (Å²) in [5.74, 6) is 1.88. The molecule has 0 bridgehead atoms. The number of amides is 1. The molecule has 0 aliphatic carbocycles. The molecule has 0 radical (unpaired) electrons. The maximum absolute atomic E-state index is 12.1. The zero-order valence-electron chi connectivity index (χ0n) is 11.8. The van der Waals surface area contributed by atoms with Crippen LogP contribution in [-0.2, 0) is 9.53 Å². The van der Waals surface area contributed by atoms with Crippen LogP contribution in [0.4, 0.5) is 4.79 Å². The van der Waals surface area contributed by atoms with E-state index >= 15 is 0 Å². The zero-order valence-corrected chi connectivity index (χ0v) is 11.8. The van der Waals surface area contributed by atoms with Crippen LogP contribution < -0.4 is 5.32 Å². The molecule has 20 heavy (non-hydrogen) atoms. The summed E-state index contributed by atoms with van der Waals surface area (Å²) in [6.07, 6.45) is -0.540. The average molecular weight is 274 g/mol. The third-order valence-electron chi connectivity index (χ3n) is 2.86. The summed E-state index contributed by atoms with van der Waals surface area (Å²) < 4.78 is 5.29. The second-order valence-electron chi connectivity index (χ2n) is 5.65. The standard InChI is InChI=1S/C15H18N2O3/c1-15(2,3)20-14(19)17-9-12(16-13(17)10-18)11-7-5-4-6-8-11/h4-8,12,16H,9H2,1-3H3. The van der Waals surface area contributed by atoms with E-state index in [0.717, 1.165) is 5.56 Å². The molecule has 1 unspecified atom stereocenters. The normalized spacial score (nSPS) is 18.4. The monoisotopic (exact) mass is 274 g/mol. The lowest BCUT2D eigenvalue weighted by atomic mass is 10.1. The van der Waals surface area contributed by atoms with Gasteiger partial charge in [0.1, 0.15) is 5.60 Å². The second-order valence-corrected chi connectivity index (χ2v) is 5.65. The summed E-state index contributed by atoms with van der Waals surface area (Å²) in [5, 5.41) is 2.99. The Labute approximate surface area is 118 Å². The number of rotatable bonds is 1. The number of ether oxygens (including phenoxy) is 1. The van der Waals surface area contributed by atoms with Gasteiger partial charge in [-0.3, -0.25) is 4.90 Å². The van der Waals surface area contributed by atoms with Crippen molar-refractivity contribution in [1.82, 2.24) is 10.2 Å². The number of hydrogen-bond donors (Lipinski definition) is 1. The third-order valence-corrected chi connectivity index (χ3v) is 2.86. The minimum atomic E-state index is -0.601. The van der Waals surface area contributed by atoms with Crippen molar-refractivity contribution in [1.29, 1.82) is 0 Å². The van der Waals surface area contributed by atoms with Gasteiger partial charge in [-0.15, -0.1) is 0 Å². The summed E-state index contributed by atoms with van der Waals surface area (Å²) in [6.45, 7) is 5.71. The molecule has 1 aliphatic rings. The first-order valence-electron chi connectivity index (χ1n) is 6.48. The lowest BCUT2D eigenvalue weighted by molar-refractivity contribution is 0.0337. The van der Waals surface area contributed by atoms with Crippen molar-refractivity contribution in [3.63, 3.8) is 0 Å². The Hall–Kier alpha value is -2.26. The highest BCUT2D eigenvalue weighted by Gasteiger charge is 2.34. The molecule has 1 heterocycles. The summed E-state index contributed by atoms with van der Waals surface area (Å²) in [4.78, 5) is 24.3. The van der Waals surface area contributed by atoms with Gasteiger partial charge < -0.3 is 10.1 Å². The highest BCUT2D eigenvalue weighted by atomic mass is 16.6. The molecule has 1 atom stereocenters. The molecule has 106 valence electrons. The fourth-order valence-electron chi connectivity index (χ4n) is 2.00. The van der Waals surface area contributed by atoms with Crippen molar-refractivity contribution < 1.29 is 14.3 Å². The summed E-state index contributed by atoms with van der Waals surface area (Å²) in [5.41, 5.74) is 0.405. The van der Waals surface area contributed by atoms with Gasteiger partial charge in [0.25, 0.3) is 0 Å². The number of benzene rings is 1. The molecule has 1 aromatic carbocycles. The van der Waals surface area contributed by atoms with Crippen LogP contribution in [0.15, 0.2) is 36.2 Å². The maximum Gasteiger partial charge on any atom is 0.416 e. The Morgan fingerprint density at radius 1 is 1.35 bits per heavy atom. The molecule has 0 saturated carbocycles. The van der Waals surface area contributed by atoms with E-state index in [0.29, 0.717) is 6.54 Å². The van der Waals surface area contributed by atoms with E-state index < -0.39 is 11.7 Å². The molecular formula is C15H18N2O3. The Morgan fingerprint density at radius 3 is 2.55 bits per heavy atom. The van der Waals surface area contributed by atoms with Crippen LogP contribution in [0, 0.1) is 0 Å². The molecule has 5 nitrogen and oxygen atoms in total. The van der Waals surface area contributed by atoms with Gasteiger partial charge in [0.15, 0.2) is 11.8 Å². The second kappa shape index (κ2) is 5.39. The van der Waals surface area contributed by atoms with Crippen LogP contribution in [0.25, 0.3) is 0 Å². The van der Waals surface area contributed by atoms with Gasteiger partial charge in [-0.25, -0.2) is 9.59 Å². The Morgan fingerprint density at radius 2 is 2.00 bits per heavy atom. The van der Waals surface area contributed by atoms with Gasteiger partial charge in [0.2, 0.25) is 0 Å². The minimum absolute atomic E-state index is 0.119. The Bertz CT molecular complexity index is 542. The average Bonchev–Trinajstić information content (AvgIpc) is 2.82. The topological polar surface area (TPSA) is 58.6 Å². The van der Waals surface area contributed by atoms with E-state index in [1.54, 1.807) is 26.7 Å². The van der Waals surface area contributed by atoms with Crippen LogP contribution in [0.1, 0.15) is 32.4 Å². The molecule has 5 heteroatoms. The van der Waals surface area contributed by atoms with E-state index in [2.05, 4.69) is 5.32 Å². The van der Waals surface area contributed by atoms with E-state index in [1.165, 1.54) is 4.90 Å². The first-order chi connectivity index (χ1) is 9.40. The van der Waals surface area contributed by atoms with E-state index in [4.69, 9.17) is 4.74 Å². The highest BCUT2D eigenvalue weighted by Crippen LogP contribution is 2.25. The fraction of sp³-hybridized carbons (Fsp3) is 0.400. The zero-order chi connectivity index (χ0) is 14.8. The number of carbonyl (C=O) groups excluding carboxylic acids is 2. The van der Waals surface area contributed by atoms with Gasteiger partial charge in [-0.1, -0.05) is 30.3 Å². The SMILES string of the molecule is CC(C)(C)OC(=O)N1CC(c2ccccc2)NC1=C=O. The van der Waals surface area contributed by atoms with E-state index in [9.17, 15) is 9.59 Å². The predicted octanol–water partition coefficient (Wildman–Crippen LogP) is 2.24. The number of carbonyl (C=O) groups is 1. The lowest BCUT2D eigenvalue weighted by Crippen LogP contribution is -2.35. The lowest BCUT2D eigenvalue weighted by Gasteiger charge is -2.23. The van der Waals surface area contributed by atoms with Crippen LogP contribution in [0.5, 0.6) is 0 Å². The third kappa shape index (κ3) is 3.19. The van der Waals surface area contributed by atoms with Crippen molar-refractivity contribution in [2.24, 2.45) is 0 Å². The molecule has 0 spiro atoms. The largest absolute Gasteiger partial charge is 0.443 e. The quantitative estimate of drug-likeness (QED) is 0.798. The van der Waals surface area contributed by atoms with Crippen molar-refractivity contribution in [2.45, 2.75) is 32.4 Å². The van der Waals surface area contributed by atoms with Crippen LogP contribution in [0.3, 0.4) is 0 Å². The number of nitrogens with zero attached hydrogens (tertiary/aromatic N) is 1. The van der Waals surface area contributed by atoms with Gasteiger partial charge in [0.05, 0.1) is 12.6 Å². The summed E-state index contributed by atoms with van der Waals surface area (Å²) in [6, 6.07) is 9.51. The minimum Gasteiger partial charge on any atom is -0.443 e. The van der Waals surface area contributed by atoms with Gasteiger partial charge in [-0.2, -0.15) is 0 Å². The van der Waals surface area contributed by atoms with Crippen LogP contribution >= 0.6 is 0 Å². The van der Waals surface area contributed by atoms with Crippen molar-refractivity contribution in [3.05, 3.63) is 41.7 Å². The predicted molar refractivity (Wildman–Crippen MR) is 74.5 cm³/mol. The van der Waals surface area contributed by atoms with Crippen LogP contribution in [-0.4, -0.2) is 29.1 Å². The molecule has 2 rings (SSSR count). The Kier molecular flexibility index (Phi) is 3.81. The van der Waals surface area contributed by atoms with Gasteiger partial charge >= 0.3 is 6.09 Å². The number of hydrogen-bond acceptors (Lipinski definition) is 4. The first-order valence-corrected chi connectivity index (χ1v) is 6.48. The molecule has 0 aromatic heterocycles. The van der Waals surface area contributed by atoms with Gasteiger partial charge in [0, 0.05) is 0 Å². The maximum atomic E-state index is 12.1. The van der Waals surface area contributed by atoms with Crippen molar-refractivity contribution in [3.8, 4) is 0 Å². The first kappa shape index (κ1) is 14.2. The van der Waals surface area contributed by atoms with Crippen molar-refractivity contribution in [2.75, 3.05) is 6.54 Å². The smallest absolute Gasteiger partial charge is 0.416 e. The molecular weight excluding hydrogens is 256 g/mol. The van der Waals surface area contributed by atoms with Gasteiger partial charge in [-0.05, 0) is 26.3 Å². The summed E-state index contributed by atoms with van der Waals surface area (Å²) in [7, 11) is 0. The molecule has 1 aliphatic heterocycles. The molecule has 1 amide bonds. The molecule has 1 N–H and O–H groups in total. The van der Waals surface area contributed by atoms with Crippen molar-refractivity contribution >= 4 is 12.0 Å². The Balaban J connectivity index is 2.15. The van der Waals surface area contributed by atoms with E-state index in [-0.39, 0.29) is 11.9 Å². The highest BCUT2D eigenvalue weighted by molar-refractivity contribution is 5.74. The molecule has 1 saturated heterocycles. The van der Waals surface area contributed by atoms with E-state index in [1.807, 2.05) is 30.3 Å².